The maximum atomic E-state index is 13.7. The minimum atomic E-state index is -0.0826. The van der Waals surface area contributed by atoms with Crippen molar-refractivity contribution in [2.75, 3.05) is 51.9 Å². The van der Waals surface area contributed by atoms with Crippen LogP contribution in [0.3, 0.4) is 0 Å². The maximum Gasteiger partial charge on any atom is 0.324 e. The van der Waals surface area contributed by atoms with Gasteiger partial charge in [-0.1, -0.05) is 31.4 Å². The third kappa shape index (κ3) is 6.44. The van der Waals surface area contributed by atoms with Gasteiger partial charge in [-0.25, -0.2) is 9.78 Å². The molecule has 11 heteroatoms. The van der Waals surface area contributed by atoms with Crippen LogP contribution in [0, 0.1) is 0 Å². The summed E-state index contributed by atoms with van der Waals surface area (Å²) >= 11 is 6.71. The standard InChI is InChI=1S/C31H40ClN5O5/c1-4-5-6-16-42-27-17-23(8-9-26(27)41-3)37-14-7-13-35(31(37)39)18-22-10-12-33-30-29(22)25(32)20-36(30)21-28(38)34-15-11-24(19-34)40-2/h8-10,12,17,20,24H,4-7,11,13-16,18-19,21H2,1-3H3/t24-/m1/s1. The van der Waals surface area contributed by atoms with Gasteiger partial charge in [-0.3, -0.25) is 9.69 Å². The van der Waals surface area contributed by atoms with Gasteiger partial charge in [0.05, 0.1) is 24.8 Å². The number of halogens is 1. The predicted octanol–water partition coefficient (Wildman–Crippen LogP) is 5.35. The van der Waals surface area contributed by atoms with E-state index in [0.29, 0.717) is 61.5 Å². The zero-order chi connectivity index (χ0) is 29.6. The number of amides is 3. The van der Waals surface area contributed by atoms with Crippen molar-refractivity contribution >= 4 is 40.3 Å². The van der Waals surface area contributed by atoms with Crippen molar-refractivity contribution in [2.24, 2.45) is 0 Å². The first-order chi connectivity index (χ1) is 20.4. The number of nitrogens with zero attached hydrogens (tertiary/aromatic N) is 5. The number of pyridine rings is 1. The van der Waals surface area contributed by atoms with Gasteiger partial charge in [0.25, 0.3) is 0 Å². The van der Waals surface area contributed by atoms with Gasteiger partial charge >= 0.3 is 6.03 Å². The Bertz CT molecular complexity index is 1410. The summed E-state index contributed by atoms with van der Waals surface area (Å²) in [5.74, 6) is 1.29. The largest absolute Gasteiger partial charge is 0.493 e. The van der Waals surface area contributed by atoms with Gasteiger partial charge in [-0.2, -0.15) is 0 Å². The second-order valence-electron chi connectivity index (χ2n) is 10.9. The van der Waals surface area contributed by atoms with E-state index in [0.717, 1.165) is 48.7 Å². The molecule has 2 saturated heterocycles. The summed E-state index contributed by atoms with van der Waals surface area (Å²) < 4.78 is 18.7. The molecule has 10 nitrogen and oxygen atoms in total. The monoisotopic (exact) mass is 597 g/mol. The molecule has 0 unspecified atom stereocenters. The number of carbonyl (C=O) groups is 2. The van der Waals surface area contributed by atoms with Crippen LogP contribution in [0.15, 0.2) is 36.7 Å². The molecule has 1 aromatic carbocycles. The Morgan fingerprint density at radius 1 is 1.12 bits per heavy atom. The Morgan fingerprint density at radius 3 is 2.74 bits per heavy atom. The van der Waals surface area contributed by atoms with Crippen LogP contribution in [0.5, 0.6) is 11.5 Å². The molecular weight excluding hydrogens is 558 g/mol. The molecule has 1 atom stereocenters. The number of urea groups is 1. The van der Waals surface area contributed by atoms with Crippen LogP contribution in [0.2, 0.25) is 5.02 Å². The number of anilines is 1. The lowest BCUT2D eigenvalue weighted by Gasteiger charge is -2.36. The van der Waals surface area contributed by atoms with Crippen LogP contribution in [-0.4, -0.2) is 84.4 Å². The van der Waals surface area contributed by atoms with Crippen molar-refractivity contribution in [1.29, 1.82) is 0 Å². The number of hydrogen-bond donors (Lipinski definition) is 0. The third-order valence-corrected chi connectivity index (χ3v) is 8.36. The predicted molar refractivity (Wildman–Crippen MR) is 163 cm³/mol. The number of benzene rings is 1. The summed E-state index contributed by atoms with van der Waals surface area (Å²) in [7, 11) is 3.29. The molecule has 2 fully saturated rings. The highest BCUT2D eigenvalue weighted by Crippen LogP contribution is 2.34. The summed E-state index contributed by atoms with van der Waals surface area (Å²) in [4.78, 5) is 36.7. The summed E-state index contributed by atoms with van der Waals surface area (Å²) in [5.41, 5.74) is 2.30. The molecule has 5 rings (SSSR count). The van der Waals surface area contributed by atoms with E-state index in [1.54, 1.807) is 36.1 Å². The van der Waals surface area contributed by atoms with E-state index in [9.17, 15) is 9.59 Å². The number of unbranched alkanes of at least 4 members (excludes halogenated alkanes) is 2. The van der Waals surface area contributed by atoms with Crippen molar-refractivity contribution in [3.05, 3.63) is 47.2 Å². The molecule has 3 aromatic rings. The minimum absolute atomic E-state index is 0.00498. The van der Waals surface area contributed by atoms with Crippen molar-refractivity contribution < 1.29 is 23.8 Å². The average Bonchev–Trinajstić information content (AvgIpc) is 3.61. The average molecular weight is 598 g/mol. The molecule has 226 valence electrons. The number of likely N-dealkylation sites (tertiary alicyclic amines) is 1. The Kier molecular flexibility index (Phi) is 9.74. The van der Waals surface area contributed by atoms with Gasteiger partial charge < -0.3 is 28.6 Å². The molecule has 0 radical (unpaired) electrons. The maximum absolute atomic E-state index is 13.7. The number of methoxy groups -OCH3 is 2. The van der Waals surface area contributed by atoms with Crippen LogP contribution in [0.25, 0.3) is 11.0 Å². The molecule has 2 aliphatic rings. The van der Waals surface area contributed by atoms with E-state index in [1.165, 1.54) is 0 Å². The Labute approximate surface area is 252 Å². The molecule has 0 aliphatic carbocycles. The normalized spacial score (nSPS) is 17.4. The van der Waals surface area contributed by atoms with Gasteiger partial charge in [0.2, 0.25) is 5.91 Å². The van der Waals surface area contributed by atoms with E-state index in [2.05, 4.69) is 11.9 Å². The van der Waals surface area contributed by atoms with Crippen molar-refractivity contribution in [1.82, 2.24) is 19.4 Å². The van der Waals surface area contributed by atoms with Crippen LogP contribution in [-0.2, 0) is 22.6 Å². The first-order valence-corrected chi connectivity index (χ1v) is 15.1. The Hall–Kier alpha value is -3.50. The van der Waals surface area contributed by atoms with Gasteiger partial charge in [0, 0.05) is 69.4 Å². The zero-order valence-corrected chi connectivity index (χ0v) is 25.4. The second kappa shape index (κ2) is 13.6. The van der Waals surface area contributed by atoms with Crippen LogP contribution >= 0.6 is 11.6 Å². The molecule has 42 heavy (non-hydrogen) atoms. The van der Waals surface area contributed by atoms with Crippen LogP contribution in [0.1, 0.15) is 44.6 Å². The molecule has 4 heterocycles. The van der Waals surface area contributed by atoms with Crippen LogP contribution < -0.4 is 14.4 Å². The fourth-order valence-electron chi connectivity index (χ4n) is 5.73. The quantitative estimate of drug-likeness (QED) is 0.262. The second-order valence-corrected chi connectivity index (χ2v) is 11.3. The minimum Gasteiger partial charge on any atom is -0.493 e. The van der Waals surface area contributed by atoms with Crippen molar-refractivity contribution in [2.45, 2.75) is 58.2 Å². The number of ether oxygens (including phenoxy) is 3. The molecule has 2 aliphatic heterocycles. The van der Waals surface area contributed by atoms with Crippen molar-refractivity contribution in [3.63, 3.8) is 0 Å². The fourth-order valence-corrected chi connectivity index (χ4v) is 6.05. The topological polar surface area (TPSA) is 89.4 Å². The van der Waals surface area contributed by atoms with Crippen LogP contribution in [0.4, 0.5) is 10.5 Å². The van der Waals surface area contributed by atoms with Gasteiger partial charge in [0.15, 0.2) is 11.5 Å². The van der Waals surface area contributed by atoms with Crippen molar-refractivity contribution in [3.8, 4) is 11.5 Å². The van der Waals surface area contributed by atoms with Gasteiger partial charge in [-0.15, -0.1) is 0 Å². The highest BCUT2D eigenvalue weighted by atomic mass is 35.5. The first-order valence-electron chi connectivity index (χ1n) is 14.7. The Balaban J connectivity index is 1.32. The molecule has 0 bridgehead atoms. The summed E-state index contributed by atoms with van der Waals surface area (Å²) in [6.45, 7) is 5.79. The molecule has 0 saturated carbocycles. The SMILES string of the molecule is CCCCCOc1cc(N2CCCN(Cc3ccnc4c3c(Cl)cn4CC(=O)N3CC[C@@H](OC)C3)C2=O)ccc1OC. The summed E-state index contributed by atoms with van der Waals surface area (Å²) in [6, 6.07) is 7.45. The van der Waals surface area contributed by atoms with E-state index in [4.69, 9.17) is 25.8 Å². The highest BCUT2D eigenvalue weighted by Gasteiger charge is 2.30. The van der Waals surface area contributed by atoms with Gasteiger partial charge in [-0.05, 0) is 43.0 Å². The lowest BCUT2D eigenvalue weighted by Crippen LogP contribution is -2.49. The third-order valence-electron chi connectivity index (χ3n) is 8.07. The lowest BCUT2D eigenvalue weighted by atomic mass is 10.1. The number of rotatable bonds is 12. The number of fused-ring (bicyclic) bond motifs is 1. The number of aromatic nitrogens is 2. The molecule has 0 N–H and O–H groups in total. The zero-order valence-electron chi connectivity index (χ0n) is 24.7. The van der Waals surface area contributed by atoms with Gasteiger partial charge in [0.1, 0.15) is 12.2 Å². The molecule has 3 amide bonds. The molecular formula is C31H40ClN5O5. The van der Waals surface area contributed by atoms with E-state index in [-0.39, 0.29) is 24.6 Å². The summed E-state index contributed by atoms with van der Waals surface area (Å²) in [5, 5.41) is 1.28. The highest BCUT2D eigenvalue weighted by molar-refractivity contribution is 6.35. The fraction of sp³-hybridized carbons (Fsp3) is 0.516. The van der Waals surface area contributed by atoms with E-state index < -0.39 is 0 Å². The molecule has 0 spiro atoms. The smallest absolute Gasteiger partial charge is 0.324 e. The lowest BCUT2D eigenvalue weighted by molar-refractivity contribution is -0.131. The number of carbonyl (C=O) groups excluding carboxylic acids is 2. The first kappa shape index (κ1) is 30.0. The summed E-state index contributed by atoms with van der Waals surface area (Å²) in [6.07, 6.45) is 8.38. The Morgan fingerprint density at radius 2 is 1.98 bits per heavy atom. The van der Waals surface area contributed by atoms with E-state index >= 15 is 0 Å². The molecule has 2 aromatic heterocycles. The number of hydrogen-bond acceptors (Lipinski definition) is 6. The van der Waals surface area contributed by atoms with E-state index in [1.807, 2.05) is 34.1 Å².